The van der Waals surface area contributed by atoms with Gasteiger partial charge in [0.15, 0.2) is 0 Å². The van der Waals surface area contributed by atoms with Gasteiger partial charge in [0, 0.05) is 31.2 Å². The van der Waals surface area contributed by atoms with E-state index in [1.807, 2.05) is 11.9 Å². The molecule has 1 aliphatic carbocycles. The average molecular weight is 359 g/mol. The number of likely N-dealkylation sites (tertiary alicyclic amines) is 1. The van der Waals surface area contributed by atoms with Gasteiger partial charge < -0.3 is 9.80 Å². The molecule has 0 bridgehead atoms. The highest BCUT2D eigenvalue weighted by Gasteiger charge is 2.49. The van der Waals surface area contributed by atoms with Crippen LogP contribution in [0.25, 0.3) is 0 Å². The lowest BCUT2D eigenvalue weighted by Crippen LogP contribution is -2.64. The molecule has 0 unspecified atom stereocenters. The lowest BCUT2D eigenvalue weighted by molar-refractivity contribution is -0.134. The monoisotopic (exact) mass is 359 g/mol. The van der Waals surface area contributed by atoms with E-state index in [2.05, 4.69) is 4.90 Å². The van der Waals surface area contributed by atoms with Crippen molar-refractivity contribution in [2.24, 2.45) is 5.92 Å². The van der Waals surface area contributed by atoms with Gasteiger partial charge in [-0.25, -0.2) is 4.39 Å². The Kier molecular flexibility index (Phi) is 4.47. The highest BCUT2D eigenvalue weighted by Crippen LogP contribution is 2.35. The van der Waals surface area contributed by atoms with Gasteiger partial charge >= 0.3 is 0 Å². The molecule has 0 radical (unpaired) electrons. The average Bonchev–Trinajstić information content (AvgIpc) is 3.29. The fourth-order valence-corrected chi connectivity index (χ4v) is 4.75. The molecule has 1 aromatic carbocycles. The van der Waals surface area contributed by atoms with Gasteiger partial charge in [0.25, 0.3) is 0 Å². The minimum atomic E-state index is -0.340. The third-order valence-corrected chi connectivity index (χ3v) is 6.40. The molecule has 3 fully saturated rings. The number of hydrogen-bond acceptors (Lipinski definition) is 3. The first-order valence-corrected chi connectivity index (χ1v) is 9.54. The molecule has 2 heterocycles. The van der Waals surface area contributed by atoms with Gasteiger partial charge in [0.1, 0.15) is 5.82 Å². The maximum Gasteiger partial charge on any atom is 0.241 e. The van der Waals surface area contributed by atoms with Crippen LogP contribution >= 0.6 is 0 Å². The second-order valence-corrected chi connectivity index (χ2v) is 8.03. The number of benzene rings is 1. The van der Waals surface area contributed by atoms with Gasteiger partial charge in [-0.05, 0) is 44.5 Å². The summed E-state index contributed by atoms with van der Waals surface area (Å²) in [5.41, 5.74) is 0.358. The number of nitrogens with zero attached hydrogens (tertiary/aromatic N) is 3. The molecule has 1 atom stereocenters. The fraction of sp³-hybridized carbons (Fsp3) is 0.600. The van der Waals surface area contributed by atoms with Crippen LogP contribution in [0.5, 0.6) is 0 Å². The largest absolute Gasteiger partial charge is 0.340 e. The van der Waals surface area contributed by atoms with Crippen molar-refractivity contribution >= 4 is 17.5 Å². The maximum absolute atomic E-state index is 13.6. The van der Waals surface area contributed by atoms with Crippen molar-refractivity contribution in [1.82, 2.24) is 9.80 Å². The zero-order chi connectivity index (χ0) is 18.3. The highest BCUT2D eigenvalue weighted by molar-refractivity contribution is 5.96. The minimum Gasteiger partial charge on any atom is -0.340 e. The number of likely N-dealkylation sites (N-methyl/N-ethyl adjacent to an activating group) is 1. The SMILES string of the molecule is CN1CC(=O)N(c2cccc(F)c2)C[C@@]12CCN(C(=O)C1CCCC1)C2. The van der Waals surface area contributed by atoms with Crippen LogP contribution in [0.4, 0.5) is 10.1 Å². The number of carbonyl (C=O) groups excluding carboxylic acids is 2. The van der Waals surface area contributed by atoms with Crippen LogP contribution in [-0.2, 0) is 9.59 Å². The normalized spacial score (nSPS) is 27.7. The molecule has 1 spiro atoms. The summed E-state index contributed by atoms with van der Waals surface area (Å²) in [4.78, 5) is 31.1. The molecule has 2 saturated heterocycles. The van der Waals surface area contributed by atoms with Crippen LogP contribution < -0.4 is 4.90 Å². The molecular formula is C20H26FN3O2. The van der Waals surface area contributed by atoms with Crippen molar-refractivity contribution in [2.45, 2.75) is 37.6 Å². The lowest BCUT2D eigenvalue weighted by atomic mass is 9.92. The van der Waals surface area contributed by atoms with E-state index < -0.39 is 0 Å². The van der Waals surface area contributed by atoms with Crippen LogP contribution in [0, 0.1) is 11.7 Å². The topological polar surface area (TPSA) is 43.9 Å². The van der Waals surface area contributed by atoms with E-state index in [9.17, 15) is 14.0 Å². The Morgan fingerprint density at radius 2 is 2.00 bits per heavy atom. The Bertz CT molecular complexity index is 719. The van der Waals surface area contributed by atoms with E-state index in [1.165, 1.54) is 12.1 Å². The Labute approximate surface area is 153 Å². The minimum absolute atomic E-state index is 0.0238. The second-order valence-electron chi connectivity index (χ2n) is 8.03. The molecular weight excluding hydrogens is 333 g/mol. The number of amides is 2. The van der Waals surface area contributed by atoms with Gasteiger partial charge in [0.2, 0.25) is 11.8 Å². The van der Waals surface area contributed by atoms with E-state index in [0.29, 0.717) is 25.3 Å². The van der Waals surface area contributed by atoms with Gasteiger partial charge in [0.05, 0.1) is 12.1 Å². The van der Waals surface area contributed by atoms with Gasteiger partial charge in [-0.3, -0.25) is 14.5 Å². The number of hydrogen-bond donors (Lipinski definition) is 0. The molecule has 6 heteroatoms. The number of halogens is 1. The van der Waals surface area contributed by atoms with Crippen LogP contribution in [-0.4, -0.2) is 60.4 Å². The summed E-state index contributed by atoms with van der Waals surface area (Å²) < 4.78 is 13.6. The Hall–Kier alpha value is -1.95. The molecule has 4 rings (SSSR count). The number of piperazine rings is 1. The Balaban J connectivity index is 1.53. The molecule has 1 aromatic rings. The van der Waals surface area contributed by atoms with Crippen molar-refractivity contribution < 1.29 is 14.0 Å². The Morgan fingerprint density at radius 3 is 2.73 bits per heavy atom. The predicted molar refractivity (Wildman–Crippen MR) is 97.3 cm³/mol. The molecule has 3 aliphatic rings. The summed E-state index contributed by atoms with van der Waals surface area (Å²) in [5.74, 6) is 0.0963. The van der Waals surface area contributed by atoms with Crippen molar-refractivity contribution in [3.63, 3.8) is 0 Å². The van der Waals surface area contributed by atoms with Gasteiger partial charge in [-0.15, -0.1) is 0 Å². The molecule has 2 amide bonds. The van der Waals surface area contributed by atoms with Crippen molar-refractivity contribution in [3.8, 4) is 0 Å². The highest BCUT2D eigenvalue weighted by atomic mass is 19.1. The van der Waals surface area contributed by atoms with Crippen molar-refractivity contribution in [2.75, 3.05) is 38.1 Å². The quantitative estimate of drug-likeness (QED) is 0.814. The zero-order valence-electron chi connectivity index (χ0n) is 15.3. The standard InChI is InChI=1S/C20H26FN3O2/c1-22-12-18(25)24(17-8-4-7-16(21)11-17)14-20(22)9-10-23(13-20)19(26)15-5-2-3-6-15/h4,7-8,11,15H,2-3,5-6,9-10,12-14H2,1H3/t20-/m0/s1. The summed E-state index contributed by atoms with van der Waals surface area (Å²) in [5, 5.41) is 0. The first-order valence-electron chi connectivity index (χ1n) is 9.54. The molecule has 0 N–H and O–H groups in total. The summed E-state index contributed by atoms with van der Waals surface area (Å²) in [6.07, 6.45) is 5.16. The molecule has 1 saturated carbocycles. The molecule has 26 heavy (non-hydrogen) atoms. The molecule has 0 aromatic heterocycles. The van der Waals surface area contributed by atoms with Crippen LogP contribution in [0.3, 0.4) is 0 Å². The maximum atomic E-state index is 13.6. The molecule has 2 aliphatic heterocycles. The van der Waals surface area contributed by atoms with E-state index in [4.69, 9.17) is 0 Å². The van der Waals surface area contributed by atoms with Crippen molar-refractivity contribution in [1.29, 1.82) is 0 Å². The summed E-state index contributed by atoms with van der Waals surface area (Å²) >= 11 is 0. The van der Waals surface area contributed by atoms with Crippen molar-refractivity contribution in [3.05, 3.63) is 30.1 Å². The van der Waals surface area contributed by atoms with Gasteiger partial charge in [-0.2, -0.15) is 0 Å². The van der Waals surface area contributed by atoms with E-state index in [1.54, 1.807) is 17.0 Å². The van der Waals surface area contributed by atoms with E-state index in [-0.39, 0.29) is 29.1 Å². The lowest BCUT2D eigenvalue weighted by Gasteiger charge is -2.46. The smallest absolute Gasteiger partial charge is 0.241 e. The summed E-state index contributed by atoms with van der Waals surface area (Å²) in [6.45, 7) is 2.19. The Morgan fingerprint density at radius 1 is 1.23 bits per heavy atom. The first kappa shape index (κ1) is 17.5. The number of anilines is 1. The molecule has 140 valence electrons. The van der Waals surface area contributed by atoms with Crippen LogP contribution in [0.1, 0.15) is 32.1 Å². The van der Waals surface area contributed by atoms with E-state index >= 15 is 0 Å². The number of rotatable bonds is 2. The second kappa shape index (κ2) is 6.65. The summed E-state index contributed by atoms with van der Waals surface area (Å²) in [6, 6.07) is 6.20. The third kappa shape index (κ3) is 3.00. The first-order chi connectivity index (χ1) is 12.5. The summed E-state index contributed by atoms with van der Waals surface area (Å²) in [7, 11) is 1.96. The number of carbonyl (C=O) groups is 2. The zero-order valence-corrected chi connectivity index (χ0v) is 15.3. The molecule has 5 nitrogen and oxygen atoms in total. The van der Waals surface area contributed by atoms with E-state index in [0.717, 1.165) is 38.6 Å². The predicted octanol–water partition coefficient (Wildman–Crippen LogP) is 2.27. The van der Waals surface area contributed by atoms with Gasteiger partial charge in [-0.1, -0.05) is 18.9 Å². The van der Waals surface area contributed by atoms with Crippen LogP contribution in [0.15, 0.2) is 24.3 Å². The van der Waals surface area contributed by atoms with Crippen LogP contribution in [0.2, 0.25) is 0 Å². The third-order valence-electron chi connectivity index (χ3n) is 6.40. The fourth-order valence-electron chi connectivity index (χ4n) is 4.75.